The van der Waals surface area contributed by atoms with Crippen molar-refractivity contribution in [1.29, 1.82) is 0 Å². The summed E-state index contributed by atoms with van der Waals surface area (Å²) in [6, 6.07) is 7.61. The third-order valence-electron chi connectivity index (χ3n) is 4.20. The number of rotatable bonds is 4. The van der Waals surface area contributed by atoms with Crippen LogP contribution in [-0.4, -0.2) is 23.5 Å². The van der Waals surface area contributed by atoms with Gasteiger partial charge in [0.1, 0.15) is 0 Å². The monoisotopic (exact) mass is 275 g/mol. The molecule has 1 amide bonds. The van der Waals surface area contributed by atoms with Gasteiger partial charge in [0.05, 0.1) is 6.42 Å². The highest BCUT2D eigenvalue weighted by atomic mass is 16.4. The van der Waals surface area contributed by atoms with Gasteiger partial charge in [0.25, 0.3) is 0 Å². The lowest BCUT2D eigenvalue weighted by atomic mass is 9.88. The molecule has 4 heteroatoms. The number of anilines is 1. The Labute approximate surface area is 119 Å². The number of para-hydroxylation sites is 1. The van der Waals surface area contributed by atoms with E-state index in [0.29, 0.717) is 6.54 Å². The van der Waals surface area contributed by atoms with Crippen LogP contribution in [0.5, 0.6) is 0 Å². The van der Waals surface area contributed by atoms with E-state index in [9.17, 15) is 9.59 Å². The summed E-state index contributed by atoms with van der Waals surface area (Å²) in [5, 5.41) is 9.03. The smallest absolute Gasteiger partial charge is 0.304 e. The summed E-state index contributed by atoms with van der Waals surface area (Å²) < 4.78 is 0. The van der Waals surface area contributed by atoms with Crippen LogP contribution in [0, 0.1) is 5.41 Å². The zero-order chi connectivity index (χ0) is 14.9. The lowest BCUT2D eigenvalue weighted by Gasteiger charge is -2.28. The van der Waals surface area contributed by atoms with E-state index in [-0.39, 0.29) is 18.2 Å². The molecule has 0 spiro atoms. The standard InChI is InChI=1S/C16H21NO3/c1-4-16(2,3)15(20)17-10-11(9-14(18)19)12-7-5-6-8-13(12)17/h5-8,11H,4,9-10H2,1-3H3,(H,18,19). The quantitative estimate of drug-likeness (QED) is 0.919. The molecule has 0 saturated carbocycles. The number of carboxylic acids is 1. The largest absolute Gasteiger partial charge is 0.481 e. The Morgan fingerprint density at radius 2 is 2.00 bits per heavy atom. The van der Waals surface area contributed by atoms with E-state index >= 15 is 0 Å². The Balaban J connectivity index is 2.34. The number of fused-ring (bicyclic) bond motifs is 1. The zero-order valence-electron chi connectivity index (χ0n) is 12.2. The molecule has 0 radical (unpaired) electrons. The Kier molecular flexibility index (Phi) is 3.84. The second kappa shape index (κ2) is 5.27. The molecule has 1 aliphatic rings. The van der Waals surface area contributed by atoms with E-state index in [1.807, 2.05) is 45.0 Å². The summed E-state index contributed by atoms with van der Waals surface area (Å²) in [6.45, 7) is 6.33. The Hall–Kier alpha value is -1.84. The SMILES string of the molecule is CCC(C)(C)C(=O)N1CC(CC(=O)O)c2ccccc21. The minimum atomic E-state index is -0.825. The number of carboxylic acid groups (broad SMARTS) is 1. The minimum Gasteiger partial charge on any atom is -0.481 e. The predicted octanol–water partition coefficient (Wildman–Crippen LogP) is 3.03. The molecule has 1 atom stereocenters. The average molecular weight is 275 g/mol. The van der Waals surface area contributed by atoms with Crippen LogP contribution in [-0.2, 0) is 9.59 Å². The first kappa shape index (κ1) is 14.6. The number of hydrogen-bond acceptors (Lipinski definition) is 2. The maximum absolute atomic E-state index is 12.7. The molecule has 0 aliphatic carbocycles. The number of amides is 1. The van der Waals surface area contributed by atoms with E-state index in [2.05, 4.69) is 0 Å². The van der Waals surface area contributed by atoms with E-state index in [0.717, 1.165) is 17.7 Å². The van der Waals surface area contributed by atoms with Crippen LogP contribution in [0.3, 0.4) is 0 Å². The highest BCUT2D eigenvalue weighted by Gasteiger charge is 2.38. The van der Waals surface area contributed by atoms with Gasteiger partial charge in [-0.1, -0.05) is 39.0 Å². The summed E-state index contributed by atoms with van der Waals surface area (Å²) in [7, 11) is 0. The van der Waals surface area contributed by atoms with Crippen LogP contribution < -0.4 is 4.90 Å². The molecule has 0 aromatic heterocycles. The van der Waals surface area contributed by atoms with Crippen molar-refractivity contribution in [2.24, 2.45) is 5.41 Å². The highest BCUT2D eigenvalue weighted by Crippen LogP contribution is 2.40. The zero-order valence-corrected chi connectivity index (χ0v) is 12.2. The summed E-state index contributed by atoms with van der Waals surface area (Å²) >= 11 is 0. The maximum atomic E-state index is 12.7. The van der Waals surface area contributed by atoms with Crippen LogP contribution in [0.15, 0.2) is 24.3 Å². The van der Waals surface area contributed by atoms with Crippen LogP contribution in [0.4, 0.5) is 5.69 Å². The van der Waals surface area contributed by atoms with Gasteiger partial charge in [-0.3, -0.25) is 9.59 Å². The third kappa shape index (κ3) is 2.55. The molecule has 1 aromatic carbocycles. The van der Waals surface area contributed by atoms with E-state index < -0.39 is 11.4 Å². The number of hydrogen-bond donors (Lipinski definition) is 1. The van der Waals surface area contributed by atoms with Crippen molar-refractivity contribution in [3.05, 3.63) is 29.8 Å². The predicted molar refractivity (Wildman–Crippen MR) is 77.9 cm³/mol. The van der Waals surface area contributed by atoms with Crippen molar-refractivity contribution in [3.8, 4) is 0 Å². The van der Waals surface area contributed by atoms with Crippen LogP contribution in [0.25, 0.3) is 0 Å². The number of benzene rings is 1. The van der Waals surface area contributed by atoms with E-state index in [1.54, 1.807) is 4.90 Å². The number of aliphatic carboxylic acids is 1. The van der Waals surface area contributed by atoms with Crippen LogP contribution in [0.1, 0.15) is 45.1 Å². The molecule has 0 fully saturated rings. The van der Waals surface area contributed by atoms with Crippen molar-refractivity contribution >= 4 is 17.6 Å². The fourth-order valence-corrected chi connectivity index (χ4v) is 2.59. The molecule has 108 valence electrons. The van der Waals surface area contributed by atoms with Gasteiger partial charge < -0.3 is 10.0 Å². The van der Waals surface area contributed by atoms with Gasteiger partial charge in [-0.25, -0.2) is 0 Å². The van der Waals surface area contributed by atoms with Crippen molar-refractivity contribution in [2.75, 3.05) is 11.4 Å². The van der Waals surface area contributed by atoms with E-state index in [1.165, 1.54) is 0 Å². The van der Waals surface area contributed by atoms with Crippen LogP contribution >= 0.6 is 0 Å². The molecule has 1 aliphatic heterocycles. The summed E-state index contributed by atoms with van der Waals surface area (Å²) in [4.78, 5) is 25.4. The molecule has 2 rings (SSSR count). The van der Waals surface area contributed by atoms with Gasteiger partial charge in [-0.15, -0.1) is 0 Å². The Morgan fingerprint density at radius 3 is 2.60 bits per heavy atom. The second-order valence-corrected chi connectivity index (χ2v) is 6.01. The number of carbonyl (C=O) groups excluding carboxylic acids is 1. The fourth-order valence-electron chi connectivity index (χ4n) is 2.59. The van der Waals surface area contributed by atoms with Crippen molar-refractivity contribution in [2.45, 2.75) is 39.5 Å². The first-order valence-corrected chi connectivity index (χ1v) is 6.99. The van der Waals surface area contributed by atoms with Gasteiger partial charge in [0, 0.05) is 23.6 Å². The Morgan fingerprint density at radius 1 is 1.35 bits per heavy atom. The van der Waals surface area contributed by atoms with Gasteiger partial charge in [0.15, 0.2) is 0 Å². The summed E-state index contributed by atoms with van der Waals surface area (Å²) in [5.74, 6) is -0.866. The van der Waals surface area contributed by atoms with Crippen molar-refractivity contribution < 1.29 is 14.7 Å². The molecule has 1 heterocycles. The number of carbonyl (C=O) groups is 2. The lowest BCUT2D eigenvalue weighted by Crippen LogP contribution is -2.40. The molecule has 1 N–H and O–H groups in total. The van der Waals surface area contributed by atoms with Gasteiger partial charge in [0.2, 0.25) is 5.91 Å². The molecular weight excluding hydrogens is 254 g/mol. The molecule has 4 nitrogen and oxygen atoms in total. The van der Waals surface area contributed by atoms with Gasteiger partial charge in [-0.05, 0) is 18.1 Å². The topological polar surface area (TPSA) is 57.6 Å². The molecular formula is C16H21NO3. The average Bonchev–Trinajstić information content (AvgIpc) is 2.76. The Bertz CT molecular complexity index is 536. The highest BCUT2D eigenvalue weighted by molar-refractivity contribution is 5.99. The third-order valence-corrected chi connectivity index (χ3v) is 4.20. The summed E-state index contributed by atoms with van der Waals surface area (Å²) in [6.07, 6.45) is 0.821. The van der Waals surface area contributed by atoms with Crippen molar-refractivity contribution in [1.82, 2.24) is 0 Å². The number of nitrogens with zero attached hydrogens (tertiary/aromatic N) is 1. The first-order valence-electron chi connectivity index (χ1n) is 6.99. The molecule has 0 bridgehead atoms. The van der Waals surface area contributed by atoms with Crippen LogP contribution in [0.2, 0.25) is 0 Å². The maximum Gasteiger partial charge on any atom is 0.304 e. The fraction of sp³-hybridized carbons (Fsp3) is 0.500. The van der Waals surface area contributed by atoms with Gasteiger partial charge >= 0.3 is 5.97 Å². The minimum absolute atomic E-state index is 0.0628. The second-order valence-electron chi connectivity index (χ2n) is 6.01. The molecule has 0 saturated heterocycles. The van der Waals surface area contributed by atoms with E-state index in [4.69, 9.17) is 5.11 Å². The first-order chi connectivity index (χ1) is 9.36. The molecule has 20 heavy (non-hydrogen) atoms. The summed E-state index contributed by atoms with van der Waals surface area (Å²) in [5.41, 5.74) is 1.41. The van der Waals surface area contributed by atoms with Gasteiger partial charge in [-0.2, -0.15) is 0 Å². The molecule has 1 aromatic rings. The normalized spacial score (nSPS) is 17.9. The van der Waals surface area contributed by atoms with Crippen molar-refractivity contribution in [3.63, 3.8) is 0 Å². The molecule has 1 unspecified atom stereocenters. The lowest BCUT2D eigenvalue weighted by molar-refractivity contribution is -0.137.